The van der Waals surface area contributed by atoms with Gasteiger partial charge in [0.2, 0.25) is 5.91 Å². The molecule has 0 aliphatic heterocycles. The molecular formula is C5H12NO6P. The van der Waals surface area contributed by atoms with E-state index in [-0.39, 0.29) is 5.06 Å². The molecule has 0 spiro atoms. The lowest BCUT2D eigenvalue weighted by atomic mass is 10.4. The molecule has 0 fully saturated rings. The van der Waals surface area contributed by atoms with Gasteiger partial charge in [0.05, 0.1) is 18.8 Å². The zero-order valence-electron chi connectivity index (χ0n) is 6.99. The number of aliphatic hydroxyl groups is 1. The van der Waals surface area contributed by atoms with Crippen molar-refractivity contribution in [2.75, 3.05) is 12.7 Å². The zero-order chi connectivity index (χ0) is 10.6. The summed E-state index contributed by atoms with van der Waals surface area (Å²) in [6, 6.07) is 0. The van der Waals surface area contributed by atoms with Gasteiger partial charge in [0.25, 0.3) is 0 Å². The second-order valence-electron chi connectivity index (χ2n) is 2.60. The van der Waals surface area contributed by atoms with Crippen LogP contribution in [0, 0.1) is 0 Å². The van der Waals surface area contributed by atoms with E-state index >= 15 is 0 Å². The topological polar surface area (TPSA) is 118 Å². The number of amides is 1. The molecule has 0 bridgehead atoms. The van der Waals surface area contributed by atoms with Crippen LogP contribution >= 0.6 is 7.60 Å². The van der Waals surface area contributed by atoms with Gasteiger partial charge < -0.3 is 14.9 Å². The molecule has 13 heavy (non-hydrogen) atoms. The average Bonchev–Trinajstić information content (AvgIpc) is 1.81. The SMILES string of the molecule is CC(=O)N(O)C[C@H](O)CP(=O)(O)O. The van der Waals surface area contributed by atoms with E-state index in [1.165, 1.54) is 0 Å². The minimum Gasteiger partial charge on any atom is -0.391 e. The first-order chi connectivity index (χ1) is 5.72. The van der Waals surface area contributed by atoms with Gasteiger partial charge in [-0.25, -0.2) is 5.06 Å². The Morgan fingerprint density at radius 1 is 1.54 bits per heavy atom. The molecule has 7 nitrogen and oxygen atoms in total. The Balaban J connectivity index is 3.95. The highest BCUT2D eigenvalue weighted by Gasteiger charge is 2.22. The van der Waals surface area contributed by atoms with Crippen molar-refractivity contribution >= 4 is 13.5 Å². The van der Waals surface area contributed by atoms with Crippen LogP contribution in [0.4, 0.5) is 0 Å². The highest BCUT2D eigenvalue weighted by atomic mass is 31.2. The predicted molar refractivity (Wildman–Crippen MR) is 42.1 cm³/mol. The Labute approximate surface area is 74.7 Å². The molecule has 0 saturated heterocycles. The van der Waals surface area contributed by atoms with Crippen LogP contribution in [0.3, 0.4) is 0 Å². The van der Waals surface area contributed by atoms with E-state index in [0.29, 0.717) is 0 Å². The van der Waals surface area contributed by atoms with Gasteiger partial charge in [-0.05, 0) is 0 Å². The van der Waals surface area contributed by atoms with Crippen LogP contribution in [0.15, 0.2) is 0 Å². The maximum absolute atomic E-state index is 10.4. The Kier molecular flexibility index (Phi) is 4.52. The summed E-state index contributed by atoms with van der Waals surface area (Å²) in [5.41, 5.74) is 0. The molecule has 0 aliphatic rings. The van der Waals surface area contributed by atoms with E-state index in [1.54, 1.807) is 0 Å². The van der Waals surface area contributed by atoms with Gasteiger partial charge in [-0.2, -0.15) is 0 Å². The number of hydroxylamine groups is 2. The van der Waals surface area contributed by atoms with Crippen molar-refractivity contribution in [2.45, 2.75) is 13.0 Å². The smallest absolute Gasteiger partial charge is 0.328 e. The first-order valence-electron chi connectivity index (χ1n) is 3.42. The third-order valence-corrected chi connectivity index (χ3v) is 2.09. The summed E-state index contributed by atoms with van der Waals surface area (Å²) < 4.78 is 10.3. The number of rotatable bonds is 4. The van der Waals surface area contributed by atoms with E-state index < -0.39 is 32.3 Å². The van der Waals surface area contributed by atoms with Gasteiger partial charge >= 0.3 is 7.60 Å². The molecule has 0 unspecified atom stereocenters. The summed E-state index contributed by atoms with van der Waals surface area (Å²) in [4.78, 5) is 27.2. The highest BCUT2D eigenvalue weighted by Crippen LogP contribution is 2.34. The summed E-state index contributed by atoms with van der Waals surface area (Å²) in [6.07, 6.45) is -2.22. The minimum absolute atomic E-state index is 0.195. The number of hydrogen-bond donors (Lipinski definition) is 4. The van der Waals surface area contributed by atoms with Crippen LogP contribution in [0.2, 0.25) is 0 Å². The van der Waals surface area contributed by atoms with Gasteiger partial charge in [-0.15, -0.1) is 0 Å². The van der Waals surface area contributed by atoms with Crippen molar-refractivity contribution in [2.24, 2.45) is 0 Å². The van der Waals surface area contributed by atoms with Crippen LogP contribution in [-0.4, -0.2) is 49.9 Å². The van der Waals surface area contributed by atoms with Gasteiger partial charge in [0, 0.05) is 6.92 Å². The zero-order valence-corrected chi connectivity index (χ0v) is 7.89. The van der Waals surface area contributed by atoms with Gasteiger partial charge in [-0.1, -0.05) is 0 Å². The van der Waals surface area contributed by atoms with Crippen LogP contribution < -0.4 is 0 Å². The van der Waals surface area contributed by atoms with Crippen molar-refractivity contribution in [3.8, 4) is 0 Å². The van der Waals surface area contributed by atoms with E-state index in [0.717, 1.165) is 6.92 Å². The molecule has 0 aromatic rings. The average molecular weight is 213 g/mol. The summed E-state index contributed by atoms with van der Waals surface area (Å²) in [6.45, 7) is 0.546. The molecule has 0 rings (SSSR count). The Hall–Kier alpha value is -0.460. The summed E-state index contributed by atoms with van der Waals surface area (Å²) >= 11 is 0. The maximum Gasteiger partial charge on any atom is 0.328 e. The molecule has 1 amide bonds. The van der Waals surface area contributed by atoms with Gasteiger partial charge in [-0.3, -0.25) is 14.6 Å². The predicted octanol–water partition coefficient (Wildman–Crippen LogP) is -1.24. The molecule has 0 heterocycles. The number of aliphatic hydroxyl groups excluding tert-OH is 1. The van der Waals surface area contributed by atoms with Gasteiger partial charge in [0.1, 0.15) is 0 Å². The summed E-state index contributed by atoms with van der Waals surface area (Å²) in [5, 5.41) is 17.9. The summed E-state index contributed by atoms with van der Waals surface area (Å²) in [5.74, 6) is -0.704. The van der Waals surface area contributed by atoms with Crippen LogP contribution in [-0.2, 0) is 9.36 Å². The fourth-order valence-electron chi connectivity index (χ4n) is 0.660. The lowest BCUT2D eigenvalue weighted by Gasteiger charge is -2.17. The van der Waals surface area contributed by atoms with Crippen molar-refractivity contribution < 1.29 is 29.5 Å². The maximum atomic E-state index is 10.4. The van der Waals surface area contributed by atoms with Crippen molar-refractivity contribution in [1.29, 1.82) is 0 Å². The van der Waals surface area contributed by atoms with Crippen LogP contribution in [0.1, 0.15) is 6.92 Å². The van der Waals surface area contributed by atoms with E-state index in [4.69, 9.17) is 20.1 Å². The number of hydrogen-bond acceptors (Lipinski definition) is 4. The molecule has 8 heteroatoms. The Morgan fingerprint density at radius 2 is 2.00 bits per heavy atom. The lowest BCUT2D eigenvalue weighted by Crippen LogP contribution is -2.34. The van der Waals surface area contributed by atoms with Crippen LogP contribution in [0.5, 0.6) is 0 Å². The van der Waals surface area contributed by atoms with E-state index in [9.17, 15) is 9.36 Å². The van der Waals surface area contributed by atoms with Crippen molar-refractivity contribution in [3.63, 3.8) is 0 Å². The second-order valence-corrected chi connectivity index (χ2v) is 4.30. The molecule has 0 aliphatic carbocycles. The molecule has 1 atom stereocenters. The van der Waals surface area contributed by atoms with Crippen LogP contribution in [0.25, 0.3) is 0 Å². The monoisotopic (exact) mass is 213 g/mol. The summed E-state index contributed by atoms with van der Waals surface area (Å²) in [7, 11) is -4.31. The minimum atomic E-state index is -4.31. The number of nitrogens with zero attached hydrogens (tertiary/aromatic N) is 1. The molecular weight excluding hydrogens is 201 g/mol. The number of carbonyl (C=O) groups excluding carboxylic acids is 1. The Bertz CT molecular complexity index is 225. The third kappa shape index (κ3) is 6.68. The number of carbonyl (C=O) groups is 1. The lowest BCUT2D eigenvalue weighted by molar-refractivity contribution is -0.167. The molecule has 0 aromatic heterocycles. The quantitative estimate of drug-likeness (QED) is 0.263. The van der Waals surface area contributed by atoms with Gasteiger partial charge in [0.15, 0.2) is 0 Å². The molecule has 78 valence electrons. The first kappa shape index (κ1) is 12.5. The molecule has 0 saturated carbocycles. The van der Waals surface area contributed by atoms with Crippen molar-refractivity contribution in [1.82, 2.24) is 5.06 Å². The van der Waals surface area contributed by atoms with E-state index in [1.807, 2.05) is 0 Å². The fraction of sp³-hybridized carbons (Fsp3) is 0.800. The second kappa shape index (κ2) is 4.69. The molecule has 4 N–H and O–H groups in total. The highest BCUT2D eigenvalue weighted by molar-refractivity contribution is 7.51. The first-order valence-corrected chi connectivity index (χ1v) is 5.22. The fourth-order valence-corrected chi connectivity index (χ4v) is 1.32. The molecule has 0 aromatic carbocycles. The Morgan fingerprint density at radius 3 is 2.31 bits per heavy atom. The standard InChI is InChI=1S/C5H12NO6P/c1-4(7)6(9)2-5(8)3-13(10,11)12/h5,8-9H,2-3H2,1H3,(H2,10,11,12)/t5-/m0/s1. The largest absolute Gasteiger partial charge is 0.391 e. The normalized spacial score (nSPS) is 13.9. The third-order valence-electron chi connectivity index (χ3n) is 1.20. The van der Waals surface area contributed by atoms with Crippen molar-refractivity contribution in [3.05, 3.63) is 0 Å². The molecule has 0 radical (unpaired) electrons. The van der Waals surface area contributed by atoms with E-state index in [2.05, 4.69) is 0 Å².